The highest BCUT2D eigenvalue weighted by molar-refractivity contribution is 7.10. The van der Waals surface area contributed by atoms with Crippen molar-refractivity contribution < 1.29 is 9.18 Å². The summed E-state index contributed by atoms with van der Waals surface area (Å²) in [5, 5.41) is 16.8. The number of anilines is 1. The summed E-state index contributed by atoms with van der Waals surface area (Å²) in [6, 6.07) is 10.6. The van der Waals surface area contributed by atoms with Crippen LogP contribution in [0.3, 0.4) is 0 Å². The highest BCUT2D eigenvalue weighted by atomic mass is 32.1. The topological polar surface area (TPSA) is 97.5 Å². The highest BCUT2D eigenvalue weighted by Crippen LogP contribution is 2.31. The quantitative estimate of drug-likeness (QED) is 0.380. The molecule has 38 heavy (non-hydrogen) atoms. The van der Waals surface area contributed by atoms with Crippen LogP contribution in [0.5, 0.6) is 0 Å². The first kappa shape index (κ1) is 25.3. The first-order valence-corrected chi connectivity index (χ1v) is 14.2. The Morgan fingerprint density at radius 2 is 1.95 bits per heavy atom. The minimum Gasteiger partial charge on any atom is -0.368 e. The fourth-order valence-corrected chi connectivity index (χ4v) is 6.45. The number of aromatic nitrogens is 2. The summed E-state index contributed by atoms with van der Waals surface area (Å²) >= 11 is 1.47. The number of thiazole rings is 1. The number of piperazine rings is 1. The van der Waals surface area contributed by atoms with Crippen molar-refractivity contribution in [2.45, 2.75) is 37.3 Å². The van der Waals surface area contributed by atoms with Gasteiger partial charge in [-0.2, -0.15) is 0 Å². The number of pyridine rings is 1. The summed E-state index contributed by atoms with van der Waals surface area (Å²) in [5.74, 6) is -0.786. The van der Waals surface area contributed by atoms with Crippen molar-refractivity contribution in [1.82, 2.24) is 36.1 Å². The Labute approximate surface area is 225 Å². The van der Waals surface area contributed by atoms with E-state index in [-0.39, 0.29) is 30.2 Å². The van der Waals surface area contributed by atoms with Gasteiger partial charge >= 0.3 is 0 Å². The van der Waals surface area contributed by atoms with Crippen molar-refractivity contribution in [2.75, 3.05) is 44.2 Å². The second-order valence-corrected chi connectivity index (χ2v) is 10.9. The average molecular weight is 537 g/mol. The molecular formula is C27H33FN8OS. The fraction of sp³-hybridized carbons (Fsp3) is 0.444. The fourth-order valence-electron chi connectivity index (χ4n) is 5.49. The molecule has 0 spiro atoms. The number of carbonyl (C=O) groups excluding carboxylic acids is 1. The van der Waals surface area contributed by atoms with Crippen LogP contribution >= 0.6 is 11.3 Å². The number of benzene rings is 1. The molecule has 3 aliphatic heterocycles. The largest absolute Gasteiger partial charge is 0.368 e. The van der Waals surface area contributed by atoms with Gasteiger partial charge < -0.3 is 15.5 Å². The molecule has 1 amide bonds. The Kier molecular flexibility index (Phi) is 7.61. The summed E-state index contributed by atoms with van der Waals surface area (Å²) in [4.78, 5) is 27.3. The molecule has 200 valence electrons. The summed E-state index contributed by atoms with van der Waals surface area (Å²) in [5.41, 5.74) is 2.71. The lowest BCUT2D eigenvalue weighted by atomic mass is 10.00. The molecule has 0 saturated carbocycles. The van der Waals surface area contributed by atoms with Crippen molar-refractivity contribution in [3.63, 3.8) is 0 Å². The van der Waals surface area contributed by atoms with E-state index in [1.54, 1.807) is 18.3 Å². The van der Waals surface area contributed by atoms with Crippen LogP contribution in [0.4, 0.5) is 10.1 Å². The number of piperidine rings is 1. The molecule has 1 aromatic carbocycles. The van der Waals surface area contributed by atoms with Gasteiger partial charge in [-0.15, -0.1) is 11.3 Å². The summed E-state index contributed by atoms with van der Waals surface area (Å²) < 4.78 is 13.4. The molecule has 11 heteroatoms. The molecule has 6 rings (SSSR count). The minimum absolute atomic E-state index is 0.0373. The van der Waals surface area contributed by atoms with Crippen LogP contribution in [0.25, 0.3) is 11.3 Å². The minimum atomic E-state index is -0.468. The van der Waals surface area contributed by atoms with Crippen molar-refractivity contribution in [1.29, 1.82) is 0 Å². The zero-order valence-electron chi connectivity index (χ0n) is 21.1. The SMILES string of the molecule is O=C1NC(N2CCN(c3cccnc3)CC2)NC(N[C@@H]2CCCNC2)C1c1nc(-c2ccc(F)cc2)cs1. The number of halogens is 1. The maximum Gasteiger partial charge on any atom is 0.235 e. The molecule has 2 aromatic heterocycles. The molecule has 4 N–H and O–H groups in total. The van der Waals surface area contributed by atoms with E-state index in [0.29, 0.717) is 0 Å². The van der Waals surface area contributed by atoms with Crippen molar-refractivity contribution in [3.05, 3.63) is 65.0 Å². The molecule has 3 aliphatic rings. The van der Waals surface area contributed by atoms with Gasteiger partial charge in [0.2, 0.25) is 5.91 Å². The molecule has 0 bridgehead atoms. The number of hydrogen-bond acceptors (Lipinski definition) is 9. The Morgan fingerprint density at radius 1 is 1.11 bits per heavy atom. The summed E-state index contributed by atoms with van der Waals surface area (Å²) in [6.45, 7) is 5.27. The number of rotatable bonds is 6. The van der Waals surface area contributed by atoms with Gasteiger partial charge in [0.25, 0.3) is 0 Å². The van der Waals surface area contributed by atoms with Crippen LogP contribution in [-0.4, -0.2) is 78.5 Å². The van der Waals surface area contributed by atoms with Crippen LogP contribution in [0.15, 0.2) is 54.2 Å². The lowest BCUT2D eigenvalue weighted by Crippen LogP contribution is -2.72. The average Bonchev–Trinajstić information content (AvgIpc) is 3.44. The zero-order chi connectivity index (χ0) is 25.9. The number of carbonyl (C=O) groups is 1. The Morgan fingerprint density at radius 3 is 2.68 bits per heavy atom. The van der Waals surface area contributed by atoms with E-state index in [1.807, 2.05) is 17.6 Å². The van der Waals surface area contributed by atoms with Crippen LogP contribution in [0.2, 0.25) is 0 Å². The monoisotopic (exact) mass is 536 g/mol. The van der Waals surface area contributed by atoms with Crippen LogP contribution < -0.4 is 26.2 Å². The van der Waals surface area contributed by atoms with Gasteiger partial charge in [-0.3, -0.25) is 25.3 Å². The molecule has 3 fully saturated rings. The maximum atomic E-state index is 13.6. The first-order valence-electron chi connectivity index (χ1n) is 13.3. The predicted octanol–water partition coefficient (Wildman–Crippen LogP) is 1.92. The van der Waals surface area contributed by atoms with E-state index < -0.39 is 5.92 Å². The van der Waals surface area contributed by atoms with Crippen molar-refractivity contribution in [2.24, 2.45) is 0 Å². The summed E-state index contributed by atoms with van der Waals surface area (Å²) in [7, 11) is 0. The van der Waals surface area contributed by atoms with E-state index in [2.05, 4.69) is 42.1 Å². The molecule has 9 nitrogen and oxygen atoms in total. The number of nitrogens with one attached hydrogen (secondary N) is 4. The molecule has 0 aliphatic carbocycles. The number of hydrogen-bond donors (Lipinski definition) is 4. The molecule has 0 radical (unpaired) electrons. The molecule has 3 aromatic rings. The molecule has 4 atom stereocenters. The third-order valence-electron chi connectivity index (χ3n) is 7.56. The molecule has 3 unspecified atom stereocenters. The van der Waals surface area contributed by atoms with Gasteiger partial charge in [0.1, 0.15) is 23.0 Å². The third kappa shape index (κ3) is 5.57. The van der Waals surface area contributed by atoms with Crippen LogP contribution in [0.1, 0.15) is 23.8 Å². The maximum absolute atomic E-state index is 13.6. The van der Waals surface area contributed by atoms with E-state index in [1.165, 1.54) is 23.5 Å². The second-order valence-electron chi connectivity index (χ2n) is 10.1. The Hall–Kier alpha value is -2.96. The first-order chi connectivity index (χ1) is 18.6. The second kappa shape index (κ2) is 11.4. The van der Waals surface area contributed by atoms with Gasteiger partial charge in [0, 0.05) is 55.9 Å². The molecule has 3 saturated heterocycles. The number of amides is 1. The molecular weight excluding hydrogens is 503 g/mol. The normalized spacial score (nSPS) is 26.8. The molecule has 5 heterocycles. The summed E-state index contributed by atoms with van der Waals surface area (Å²) in [6.07, 6.45) is 5.33. The van der Waals surface area contributed by atoms with E-state index in [9.17, 15) is 9.18 Å². The Balaban J connectivity index is 1.18. The predicted molar refractivity (Wildman–Crippen MR) is 146 cm³/mol. The number of nitrogens with zero attached hydrogens (tertiary/aromatic N) is 4. The van der Waals surface area contributed by atoms with E-state index in [4.69, 9.17) is 4.98 Å². The highest BCUT2D eigenvalue weighted by Gasteiger charge is 2.42. The Bertz CT molecular complexity index is 1210. The standard InChI is InChI=1S/C27H33FN8OS/c28-19-7-5-18(6-8-19)22-17-38-26(32-22)23-24(31-20-3-1-9-29-15-20)33-27(34-25(23)37)36-13-11-35(12-14-36)21-4-2-10-30-16-21/h2,4-8,10,16-17,20,23-24,27,29,31,33H,1,3,9,11-15H2,(H,34,37)/t20-,23?,24?,27?/m1/s1. The van der Waals surface area contributed by atoms with Gasteiger partial charge in [0.05, 0.1) is 23.7 Å². The van der Waals surface area contributed by atoms with Crippen molar-refractivity contribution >= 4 is 22.9 Å². The van der Waals surface area contributed by atoms with Gasteiger partial charge in [-0.05, 0) is 55.8 Å². The van der Waals surface area contributed by atoms with Crippen LogP contribution in [0, 0.1) is 5.82 Å². The van der Waals surface area contributed by atoms with Crippen LogP contribution in [-0.2, 0) is 4.79 Å². The van der Waals surface area contributed by atoms with Gasteiger partial charge in [-0.25, -0.2) is 9.37 Å². The third-order valence-corrected chi connectivity index (χ3v) is 8.49. The van der Waals surface area contributed by atoms with Gasteiger partial charge in [-0.1, -0.05) is 0 Å². The van der Waals surface area contributed by atoms with Gasteiger partial charge in [0.15, 0.2) is 0 Å². The van der Waals surface area contributed by atoms with Crippen molar-refractivity contribution in [3.8, 4) is 11.3 Å². The smallest absolute Gasteiger partial charge is 0.235 e. The lowest BCUT2D eigenvalue weighted by molar-refractivity contribution is -0.129. The zero-order valence-corrected chi connectivity index (χ0v) is 22.0. The lowest BCUT2D eigenvalue weighted by Gasteiger charge is -2.46. The van der Waals surface area contributed by atoms with E-state index in [0.717, 1.165) is 74.1 Å². The van der Waals surface area contributed by atoms with E-state index >= 15 is 0 Å².